The van der Waals surface area contributed by atoms with Crippen molar-refractivity contribution in [2.24, 2.45) is 23.2 Å². The molecule has 1 amide bonds. The maximum atomic E-state index is 12.3. The predicted octanol–water partition coefficient (Wildman–Crippen LogP) is 3.12. The van der Waals surface area contributed by atoms with Gasteiger partial charge in [0.15, 0.2) is 12.9 Å². The van der Waals surface area contributed by atoms with Crippen LogP contribution in [0.5, 0.6) is 5.75 Å². The number of ether oxygens (including phenoxy) is 1. The summed E-state index contributed by atoms with van der Waals surface area (Å²) in [6.07, 6.45) is 8.25. The lowest BCUT2D eigenvalue weighted by Crippen LogP contribution is -2.51. The van der Waals surface area contributed by atoms with E-state index in [0.29, 0.717) is 12.8 Å². The van der Waals surface area contributed by atoms with Crippen LogP contribution in [0.3, 0.4) is 0 Å². The lowest BCUT2D eigenvalue weighted by atomic mass is 9.49. The topological polar surface area (TPSA) is 98.5 Å². The van der Waals surface area contributed by atoms with Crippen LogP contribution < -0.4 is 10.1 Å². The number of nitro benzene ring substituents is 1. The third kappa shape index (κ3) is 3.68. The van der Waals surface area contributed by atoms with Crippen molar-refractivity contribution >= 4 is 17.9 Å². The van der Waals surface area contributed by atoms with Crippen molar-refractivity contribution in [1.82, 2.24) is 5.32 Å². The Bertz CT molecular complexity index is 740. The Labute approximate surface area is 157 Å². The van der Waals surface area contributed by atoms with Crippen LogP contribution in [0.15, 0.2) is 18.2 Å². The van der Waals surface area contributed by atoms with Gasteiger partial charge < -0.3 is 10.1 Å². The average Bonchev–Trinajstić information content (AvgIpc) is 2.63. The summed E-state index contributed by atoms with van der Waals surface area (Å²) in [4.78, 5) is 33.6. The molecule has 0 unspecified atom stereocenters. The molecule has 4 saturated carbocycles. The fraction of sp³-hybridized carbons (Fsp3) is 0.600. The molecule has 1 aromatic carbocycles. The minimum absolute atomic E-state index is 0.0677. The van der Waals surface area contributed by atoms with Gasteiger partial charge in [0, 0.05) is 18.7 Å². The molecule has 27 heavy (non-hydrogen) atoms. The van der Waals surface area contributed by atoms with E-state index >= 15 is 0 Å². The molecule has 0 aromatic heterocycles. The highest BCUT2D eigenvalue weighted by molar-refractivity contribution is 5.82. The minimum Gasteiger partial charge on any atom is -0.483 e. The minimum atomic E-state index is -0.574. The number of non-ortho nitro benzene ring substituents is 1. The zero-order valence-corrected chi connectivity index (χ0v) is 15.2. The van der Waals surface area contributed by atoms with E-state index in [0.717, 1.165) is 23.8 Å². The number of rotatable bonds is 7. The first kappa shape index (κ1) is 17.9. The zero-order chi connectivity index (χ0) is 19.0. The molecular weight excluding hydrogens is 348 g/mol. The molecule has 4 aliphatic rings. The molecule has 7 heteroatoms. The molecule has 144 valence electrons. The van der Waals surface area contributed by atoms with Crippen LogP contribution in [0.4, 0.5) is 5.69 Å². The van der Waals surface area contributed by atoms with Crippen molar-refractivity contribution in [2.75, 3.05) is 13.2 Å². The van der Waals surface area contributed by atoms with E-state index in [1.165, 1.54) is 50.7 Å². The van der Waals surface area contributed by atoms with E-state index in [4.69, 9.17) is 4.74 Å². The van der Waals surface area contributed by atoms with Crippen LogP contribution in [0.2, 0.25) is 0 Å². The fourth-order valence-corrected chi connectivity index (χ4v) is 5.86. The van der Waals surface area contributed by atoms with Crippen molar-refractivity contribution in [2.45, 2.75) is 38.5 Å². The predicted molar refractivity (Wildman–Crippen MR) is 97.6 cm³/mol. The van der Waals surface area contributed by atoms with E-state index in [-0.39, 0.29) is 34.9 Å². The van der Waals surface area contributed by atoms with Gasteiger partial charge in [-0.1, -0.05) is 0 Å². The molecule has 0 atom stereocenters. The molecule has 4 bridgehead atoms. The maximum Gasteiger partial charge on any atom is 0.270 e. The number of aldehydes is 1. The van der Waals surface area contributed by atoms with Crippen LogP contribution in [0.25, 0.3) is 0 Å². The summed E-state index contributed by atoms with van der Waals surface area (Å²) in [5.41, 5.74) is 0.139. The summed E-state index contributed by atoms with van der Waals surface area (Å²) >= 11 is 0. The number of nitro groups is 1. The molecule has 0 aliphatic heterocycles. The molecule has 0 saturated heterocycles. The third-order valence-electron chi connectivity index (χ3n) is 6.52. The summed E-state index contributed by atoms with van der Waals surface area (Å²) in [6.45, 7) is 0.491. The van der Waals surface area contributed by atoms with Gasteiger partial charge in [0.25, 0.3) is 11.6 Å². The second-order valence-corrected chi connectivity index (χ2v) is 8.58. The molecule has 4 fully saturated rings. The van der Waals surface area contributed by atoms with Gasteiger partial charge in [-0.25, -0.2) is 0 Å². The first-order chi connectivity index (χ1) is 13.0. The van der Waals surface area contributed by atoms with E-state index in [9.17, 15) is 19.7 Å². The maximum absolute atomic E-state index is 12.3. The van der Waals surface area contributed by atoms with Crippen LogP contribution >= 0.6 is 0 Å². The smallest absolute Gasteiger partial charge is 0.270 e. The van der Waals surface area contributed by atoms with Crippen molar-refractivity contribution in [3.05, 3.63) is 33.9 Å². The largest absolute Gasteiger partial charge is 0.483 e. The van der Waals surface area contributed by atoms with Gasteiger partial charge in [0.05, 0.1) is 10.5 Å². The Kier molecular flexibility index (Phi) is 4.61. The van der Waals surface area contributed by atoms with Crippen LogP contribution in [0.1, 0.15) is 48.9 Å². The highest BCUT2D eigenvalue weighted by Gasteiger charge is 2.50. The van der Waals surface area contributed by atoms with E-state index in [2.05, 4.69) is 5.32 Å². The highest BCUT2D eigenvalue weighted by Crippen LogP contribution is 2.59. The number of hydrogen-bond acceptors (Lipinski definition) is 5. The summed E-state index contributed by atoms with van der Waals surface area (Å²) in [5, 5.41) is 13.8. The number of nitrogens with zero attached hydrogens (tertiary/aromatic N) is 1. The summed E-state index contributed by atoms with van der Waals surface area (Å²) < 4.78 is 5.43. The average molecular weight is 372 g/mol. The molecule has 7 nitrogen and oxygen atoms in total. The molecular formula is C20H24N2O5. The third-order valence-corrected chi connectivity index (χ3v) is 6.52. The fourth-order valence-electron chi connectivity index (χ4n) is 5.86. The SMILES string of the molecule is O=Cc1cc([N+](=O)[O-])ccc1OCC(=O)NCC12CC3CC(CC(C3)C1)C2. The highest BCUT2D eigenvalue weighted by atomic mass is 16.6. The second kappa shape index (κ2) is 6.94. The van der Waals surface area contributed by atoms with Gasteiger partial charge in [-0.05, 0) is 67.8 Å². The Balaban J connectivity index is 1.32. The Hall–Kier alpha value is -2.44. The molecule has 0 heterocycles. The van der Waals surface area contributed by atoms with E-state index in [1.807, 2.05) is 0 Å². The van der Waals surface area contributed by atoms with Gasteiger partial charge in [-0.15, -0.1) is 0 Å². The monoisotopic (exact) mass is 372 g/mol. The molecule has 5 rings (SSSR count). The van der Waals surface area contributed by atoms with Crippen molar-refractivity contribution in [1.29, 1.82) is 0 Å². The van der Waals surface area contributed by atoms with Crippen molar-refractivity contribution in [3.8, 4) is 5.75 Å². The number of carbonyl (C=O) groups is 2. The quantitative estimate of drug-likeness (QED) is 0.450. The second-order valence-electron chi connectivity index (χ2n) is 8.58. The van der Waals surface area contributed by atoms with E-state index < -0.39 is 4.92 Å². The summed E-state index contributed by atoms with van der Waals surface area (Å²) in [7, 11) is 0. The first-order valence-electron chi connectivity index (χ1n) is 9.59. The van der Waals surface area contributed by atoms with Gasteiger partial charge in [-0.3, -0.25) is 19.7 Å². The lowest BCUT2D eigenvalue weighted by molar-refractivity contribution is -0.384. The number of carbonyl (C=O) groups excluding carboxylic acids is 2. The van der Waals surface area contributed by atoms with Crippen LogP contribution in [-0.2, 0) is 4.79 Å². The summed E-state index contributed by atoms with van der Waals surface area (Å²) in [6, 6.07) is 3.76. The first-order valence-corrected chi connectivity index (χ1v) is 9.59. The molecule has 0 radical (unpaired) electrons. The van der Waals surface area contributed by atoms with Gasteiger partial charge in [0.2, 0.25) is 0 Å². The summed E-state index contributed by atoms with van der Waals surface area (Å²) in [5.74, 6) is 2.46. The molecule has 1 aromatic rings. The van der Waals surface area contributed by atoms with Crippen molar-refractivity contribution < 1.29 is 19.2 Å². The van der Waals surface area contributed by atoms with Crippen molar-refractivity contribution in [3.63, 3.8) is 0 Å². The number of benzene rings is 1. The standard InChI is InChI=1S/C20H24N2O5/c23-10-16-6-17(22(25)26)1-2-18(16)27-11-19(24)21-12-20-7-13-3-14(8-20)5-15(4-13)9-20/h1-2,6,10,13-15H,3-5,7-9,11-12H2,(H,21,24). The number of amides is 1. The zero-order valence-electron chi connectivity index (χ0n) is 15.2. The van der Waals surface area contributed by atoms with E-state index in [1.54, 1.807) is 0 Å². The molecule has 1 N–H and O–H groups in total. The molecule has 4 aliphatic carbocycles. The Morgan fingerprint density at radius 3 is 2.41 bits per heavy atom. The molecule has 0 spiro atoms. The number of hydrogen-bond donors (Lipinski definition) is 1. The van der Waals surface area contributed by atoms with Gasteiger partial charge in [0.1, 0.15) is 5.75 Å². The van der Waals surface area contributed by atoms with Gasteiger partial charge >= 0.3 is 0 Å². The van der Waals surface area contributed by atoms with Gasteiger partial charge in [-0.2, -0.15) is 0 Å². The normalized spacial score (nSPS) is 30.7. The Morgan fingerprint density at radius 2 is 1.85 bits per heavy atom. The van der Waals surface area contributed by atoms with Crippen LogP contribution in [0, 0.1) is 33.3 Å². The van der Waals surface area contributed by atoms with Crippen LogP contribution in [-0.4, -0.2) is 30.3 Å². The Morgan fingerprint density at radius 1 is 1.22 bits per heavy atom. The lowest BCUT2D eigenvalue weighted by Gasteiger charge is -2.56. The number of nitrogens with one attached hydrogen (secondary N) is 1.